The number of benzene rings is 2. The molecule has 4 rings (SSSR count). The Morgan fingerprint density at radius 1 is 1.26 bits per heavy atom. The topological polar surface area (TPSA) is 140 Å². The molecular weight excluding hydrogens is 515 g/mol. The van der Waals surface area contributed by atoms with E-state index >= 15 is 0 Å². The van der Waals surface area contributed by atoms with Crippen LogP contribution in [-0.4, -0.2) is 67.6 Å². The molecule has 0 spiro atoms. The maximum Gasteiger partial charge on any atom is 0.314 e. The Bertz CT molecular complexity index is 1320. The maximum atomic E-state index is 14.2. The number of fused-ring (bicyclic) bond motifs is 1. The van der Waals surface area contributed by atoms with Gasteiger partial charge in [0.05, 0.1) is 15.8 Å². The summed E-state index contributed by atoms with van der Waals surface area (Å²) in [6.07, 6.45) is 1.03. The number of phenolic OH excluding ortho intramolecular Hbond substituents is 1. The van der Waals surface area contributed by atoms with E-state index in [0.717, 1.165) is 15.9 Å². The monoisotopic (exact) mass is 534 g/mol. The number of nitrogens with one attached hydrogen (secondary N) is 1. The van der Waals surface area contributed by atoms with Gasteiger partial charge in [-0.3, -0.25) is 19.7 Å². The Kier molecular flexibility index (Phi) is 5.82. The van der Waals surface area contributed by atoms with E-state index in [1.807, 2.05) is 0 Å². The Morgan fingerprint density at radius 3 is 2.62 bits per heavy atom. The van der Waals surface area contributed by atoms with Gasteiger partial charge >= 0.3 is 5.69 Å². The molecule has 12 heteroatoms. The normalized spacial score (nSPS) is 20.9. The first-order valence-electron chi connectivity index (χ1n) is 10.1. The van der Waals surface area contributed by atoms with Crippen LogP contribution in [0.15, 0.2) is 41.0 Å². The lowest BCUT2D eigenvalue weighted by molar-refractivity contribution is -0.385. The fourth-order valence-corrected chi connectivity index (χ4v) is 4.90. The highest BCUT2D eigenvalue weighted by atomic mass is 79.9. The molecule has 0 aliphatic carbocycles. The van der Waals surface area contributed by atoms with Crippen LogP contribution in [0.2, 0.25) is 0 Å². The van der Waals surface area contributed by atoms with Crippen molar-refractivity contribution < 1.29 is 29.1 Å². The highest BCUT2D eigenvalue weighted by Gasteiger charge is 2.53. The van der Waals surface area contributed by atoms with Gasteiger partial charge in [-0.1, -0.05) is 15.9 Å². The summed E-state index contributed by atoms with van der Waals surface area (Å²) in [6.45, 7) is 0. The molecule has 1 aliphatic heterocycles. The molecule has 2 heterocycles. The fraction of sp³-hybridized carbons (Fsp3) is 0.273. The number of nitrogens with zero attached hydrogens (tertiary/aromatic N) is 3. The van der Waals surface area contributed by atoms with Gasteiger partial charge in [0.25, 0.3) is 5.91 Å². The highest BCUT2D eigenvalue weighted by Crippen LogP contribution is 2.35. The number of phenols is 1. The highest BCUT2D eigenvalue weighted by molar-refractivity contribution is 9.10. The van der Waals surface area contributed by atoms with Gasteiger partial charge in [-0.15, -0.1) is 0 Å². The van der Waals surface area contributed by atoms with Gasteiger partial charge in [0.1, 0.15) is 11.8 Å². The van der Waals surface area contributed by atoms with Crippen LogP contribution in [0.4, 0.5) is 10.1 Å². The van der Waals surface area contributed by atoms with E-state index in [9.17, 15) is 34.3 Å². The average Bonchev–Trinajstić information content (AvgIpc) is 3.16. The molecule has 2 aromatic carbocycles. The second kappa shape index (κ2) is 8.37. The number of carbonyl (C=O) groups is 2. The zero-order valence-corrected chi connectivity index (χ0v) is 19.7. The third-order valence-corrected chi connectivity index (χ3v) is 6.60. The number of carbonyl (C=O) groups excluding carboxylic acids is 2. The molecule has 0 unspecified atom stereocenters. The van der Waals surface area contributed by atoms with Crippen LogP contribution >= 0.6 is 15.9 Å². The Hall–Kier alpha value is -3.51. The Morgan fingerprint density at radius 2 is 1.97 bits per heavy atom. The zero-order chi connectivity index (χ0) is 24.9. The predicted octanol–water partition coefficient (Wildman–Crippen LogP) is 2.46. The number of hydrogen-bond donors (Lipinski definition) is 3. The molecular formula is C22H20BrFN4O6. The third kappa shape index (κ3) is 3.78. The molecule has 1 aromatic heterocycles. The molecule has 0 bridgehead atoms. The van der Waals surface area contributed by atoms with Crippen molar-refractivity contribution in [2.45, 2.75) is 24.6 Å². The summed E-state index contributed by atoms with van der Waals surface area (Å²) < 4.78 is 14.7. The number of nitro benzene ring substituents is 1. The number of rotatable bonds is 5. The van der Waals surface area contributed by atoms with Crippen molar-refractivity contribution in [2.75, 3.05) is 14.1 Å². The van der Waals surface area contributed by atoms with E-state index in [2.05, 4.69) is 20.9 Å². The Balaban J connectivity index is 1.68. The fourth-order valence-electron chi connectivity index (χ4n) is 4.37. The number of hydrogen-bond acceptors (Lipinski definition) is 6. The largest absolute Gasteiger partial charge is 0.508 e. The standard InChI is InChI=1S/C22H20BrFN4O6/c1-26-17(7-12-10-25-16-4-3-15(24)19(18(12)16)28(33)34)20(30)27(2)22(32,21(26)31)9-11-5-13(23)8-14(29)6-11/h3-6,8,10,17,25,29,32H,7,9H2,1-2H3/t17-,22+/m0/s1. The van der Waals surface area contributed by atoms with Crippen molar-refractivity contribution in [3.63, 3.8) is 0 Å². The minimum Gasteiger partial charge on any atom is -0.508 e. The number of likely N-dealkylation sites (N-methyl/N-ethyl adjacent to an activating group) is 2. The molecule has 3 N–H and O–H groups in total. The number of nitro groups is 1. The van der Waals surface area contributed by atoms with Gasteiger partial charge < -0.3 is 25.0 Å². The molecule has 1 saturated heterocycles. The minimum atomic E-state index is -2.21. The number of H-pyrrole nitrogens is 1. The third-order valence-electron chi connectivity index (χ3n) is 6.14. The Labute approximate surface area is 200 Å². The number of aromatic amines is 1. The van der Waals surface area contributed by atoms with Gasteiger partial charge in [-0.25, -0.2) is 0 Å². The number of aromatic nitrogens is 1. The smallest absolute Gasteiger partial charge is 0.314 e. The number of amides is 2. The number of aliphatic hydroxyl groups is 1. The van der Waals surface area contributed by atoms with Crippen LogP contribution < -0.4 is 0 Å². The maximum absolute atomic E-state index is 14.2. The van der Waals surface area contributed by atoms with Crippen molar-refractivity contribution in [3.8, 4) is 5.75 Å². The van der Waals surface area contributed by atoms with Crippen molar-refractivity contribution in [1.29, 1.82) is 0 Å². The summed E-state index contributed by atoms with van der Waals surface area (Å²) in [5.41, 5.74) is -1.91. The molecule has 2 atom stereocenters. The molecule has 2 amide bonds. The lowest BCUT2D eigenvalue weighted by Gasteiger charge is -2.47. The van der Waals surface area contributed by atoms with Crippen LogP contribution in [0.5, 0.6) is 5.75 Å². The number of halogens is 2. The predicted molar refractivity (Wildman–Crippen MR) is 122 cm³/mol. The molecule has 0 saturated carbocycles. The van der Waals surface area contributed by atoms with Crippen molar-refractivity contribution in [1.82, 2.24) is 14.8 Å². The van der Waals surface area contributed by atoms with Crippen molar-refractivity contribution in [3.05, 3.63) is 68.1 Å². The molecule has 34 heavy (non-hydrogen) atoms. The van der Waals surface area contributed by atoms with Gasteiger partial charge in [0, 0.05) is 37.6 Å². The van der Waals surface area contributed by atoms with E-state index in [4.69, 9.17) is 0 Å². The second-order valence-electron chi connectivity index (χ2n) is 8.23. The van der Waals surface area contributed by atoms with Gasteiger partial charge in [-0.2, -0.15) is 4.39 Å². The van der Waals surface area contributed by atoms with E-state index in [-0.39, 0.29) is 29.5 Å². The molecule has 10 nitrogen and oxygen atoms in total. The first kappa shape index (κ1) is 23.6. The lowest BCUT2D eigenvalue weighted by atomic mass is 9.92. The summed E-state index contributed by atoms with van der Waals surface area (Å²) >= 11 is 3.24. The summed E-state index contributed by atoms with van der Waals surface area (Å²) in [7, 11) is 2.64. The molecule has 1 aliphatic rings. The summed E-state index contributed by atoms with van der Waals surface area (Å²) in [5.74, 6) is -2.46. The summed E-state index contributed by atoms with van der Waals surface area (Å²) in [4.78, 5) is 42.0. The van der Waals surface area contributed by atoms with Crippen molar-refractivity contribution in [2.24, 2.45) is 0 Å². The van der Waals surface area contributed by atoms with E-state index in [0.29, 0.717) is 15.6 Å². The first-order valence-corrected chi connectivity index (χ1v) is 10.9. The quantitative estimate of drug-likeness (QED) is 0.339. The molecule has 3 aromatic rings. The van der Waals surface area contributed by atoms with E-state index in [1.165, 1.54) is 38.5 Å². The zero-order valence-electron chi connectivity index (χ0n) is 18.1. The van der Waals surface area contributed by atoms with Crippen LogP contribution in [0.3, 0.4) is 0 Å². The number of aromatic hydroxyl groups is 1. The van der Waals surface area contributed by atoms with Gasteiger partial charge in [-0.05, 0) is 41.5 Å². The van der Waals surface area contributed by atoms with E-state index < -0.39 is 40.0 Å². The van der Waals surface area contributed by atoms with Crippen LogP contribution in [0.25, 0.3) is 10.9 Å². The number of piperazine rings is 1. The van der Waals surface area contributed by atoms with Gasteiger partial charge in [0.15, 0.2) is 0 Å². The van der Waals surface area contributed by atoms with Crippen LogP contribution in [0, 0.1) is 15.9 Å². The molecule has 178 valence electrons. The average molecular weight is 535 g/mol. The molecule has 0 radical (unpaired) electrons. The van der Waals surface area contributed by atoms with Crippen LogP contribution in [0.1, 0.15) is 11.1 Å². The van der Waals surface area contributed by atoms with Crippen molar-refractivity contribution >= 4 is 44.3 Å². The van der Waals surface area contributed by atoms with E-state index in [1.54, 1.807) is 6.07 Å². The molecule has 1 fully saturated rings. The SMILES string of the molecule is CN1C(=O)[C@](O)(Cc2cc(O)cc(Br)c2)N(C)C(=O)[C@@H]1Cc1c[nH]c2ccc(F)c([N+](=O)[O-])c12. The summed E-state index contributed by atoms with van der Waals surface area (Å²) in [5, 5.41) is 32.6. The second-order valence-corrected chi connectivity index (χ2v) is 9.15. The first-order chi connectivity index (χ1) is 15.9. The minimum absolute atomic E-state index is 0.0201. The van der Waals surface area contributed by atoms with Crippen LogP contribution in [-0.2, 0) is 22.4 Å². The van der Waals surface area contributed by atoms with Gasteiger partial charge in [0.2, 0.25) is 17.4 Å². The lowest BCUT2D eigenvalue weighted by Crippen LogP contribution is -2.70. The summed E-state index contributed by atoms with van der Waals surface area (Å²) in [6, 6.07) is 5.67.